The number of hydrogen-bond donors (Lipinski definition) is 2. The van der Waals surface area contributed by atoms with Crippen LogP contribution in [0.2, 0.25) is 0 Å². The Bertz CT molecular complexity index is 377. The maximum atomic E-state index is 9.09. The highest BCUT2D eigenvalue weighted by atomic mass is 16.5. The summed E-state index contributed by atoms with van der Waals surface area (Å²) in [7, 11) is 1.88. The molecule has 0 spiro atoms. The molecule has 0 saturated carbocycles. The van der Waals surface area contributed by atoms with E-state index in [0.717, 1.165) is 18.1 Å². The quantitative estimate of drug-likeness (QED) is 0.711. The molecule has 0 bridgehead atoms. The summed E-state index contributed by atoms with van der Waals surface area (Å²) in [5.74, 6) is 0.916. The summed E-state index contributed by atoms with van der Waals surface area (Å²) >= 11 is 0. The maximum Gasteiger partial charge on any atom is 0.150 e. The predicted molar refractivity (Wildman–Crippen MR) is 61.4 cm³/mol. The van der Waals surface area contributed by atoms with Crippen molar-refractivity contribution in [3.8, 4) is 0 Å². The van der Waals surface area contributed by atoms with Crippen LogP contribution in [0, 0.1) is 6.92 Å². The van der Waals surface area contributed by atoms with Gasteiger partial charge in [0.25, 0.3) is 0 Å². The number of nitrogens with two attached hydrogens (primary N) is 1. The molecule has 0 aliphatic carbocycles. The lowest BCUT2D eigenvalue weighted by Crippen LogP contribution is -2.45. The summed E-state index contributed by atoms with van der Waals surface area (Å²) in [5.41, 5.74) is 7.54. The lowest BCUT2D eigenvalue weighted by atomic mass is 10.2. The topological polar surface area (TPSA) is 76.5 Å². The van der Waals surface area contributed by atoms with E-state index in [1.165, 1.54) is 0 Å². The van der Waals surface area contributed by atoms with E-state index in [0.29, 0.717) is 18.8 Å². The van der Waals surface area contributed by atoms with Gasteiger partial charge in [0.05, 0.1) is 30.7 Å². The monoisotopic (exact) mass is 226 g/mol. The van der Waals surface area contributed by atoms with Crippen LogP contribution in [-0.2, 0) is 11.8 Å². The Labute approximate surface area is 94.6 Å². The number of aromatic nitrogens is 2. The van der Waals surface area contributed by atoms with Crippen molar-refractivity contribution in [2.24, 2.45) is 7.05 Å². The first-order valence-corrected chi connectivity index (χ1v) is 5.40. The molecule has 6 nitrogen and oxygen atoms in total. The van der Waals surface area contributed by atoms with E-state index in [1.54, 1.807) is 4.68 Å². The summed E-state index contributed by atoms with van der Waals surface area (Å²) in [4.78, 5) is 2.11. The number of hydrogen-bond acceptors (Lipinski definition) is 5. The van der Waals surface area contributed by atoms with Crippen LogP contribution in [0.15, 0.2) is 0 Å². The zero-order valence-electron chi connectivity index (χ0n) is 9.68. The van der Waals surface area contributed by atoms with Crippen molar-refractivity contribution in [1.82, 2.24) is 9.78 Å². The first kappa shape index (κ1) is 11.2. The third kappa shape index (κ3) is 1.85. The van der Waals surface area contributed by atoms with Crippen LogP contribution in [-0.4, -0.2) is 47.3 Å². The van der Waals surface area contributed by atoms with Crippen LogP contribution in [0.4, 0.5) is 11.5 Å². The molecule has 2 rings (SSSR count). The van der Waals surface area contributed by atoms with Crippen molar-refractivity contribution in [2.75, 3.05) is 36.9 Å². The Kier molecular flexibility index (Phi) is 3.02. The maximum absolute atomic E-state index is 9.09. The van der Waals surface area contributed by atoms with Crippen LogP contribution in [0.3, 0.4) is 0 Å². The second-order valence-electron chi connectivity index (χ2n) is 4.07. The zero-order chi connectivity index (χ0) is 11.7. The van der Waals surface area contributed by atoms with Gasteiger partial charge in [0.1, 0.15) is 0 Å². The van der Waals surface area contributed by atoms with E-state index in [-0.39, 0.29) is 12.7 Å². The van der Waals surface area contributed by atoms with Gasteiger partial charge in [-0.05, 0) is 6.92 Å². The molecule has 1 atom stereocenters. The van der Waals surface area contributed by atoms with E-state index >= 15 is 0 Å². The average molecular weight is 226 g/mol. The van der Waals surface area contributed by atoms with Crippen LogP contribution < -0.4 is 10.6 Å². The number of aryl methyl sites for hydroxylation is 2. The highest BCUT2D eigenvalue weighted by Gasteiger charge is 2.24. The van der Waals surface area contributed by atoms with Gasteiger partial charge in [-0.3, -0.25) is 4.68 Å². The number of ether oxygens (including phenoxy) is 1. The van der Waals surface area contributed by atoms with E-state index < -0.39 is 0 Å². The van der Waals surface area contributed by atoms with Gasteiger partial charge in [0.15, 0.2) is 5.82 Å². The molecule has 90 valence electrons. The van der Waals surface area contributed by atoms with Gasteiger partial charge in [0.2, 0.25) is 0 Å². The summed E-state index contributed by atoms with van der Waals surface area (Å²) in [6, 6.07) is 0. The van der Waals surface area contributed by atoms with Gasteiger partial charge < -0.3 is 20.5 Å². The largest absolute Gasteiger partial charge is 0.394 e. The molecular formula is C10H18N4O2. The number of nitrogen functional groups attached to an aromatic ring is 1. The van der Waals surface area contributed by atoms with Crippen molar-refractivity contribution in [2.45, 2.75) is 13.0 Å². The molecule has 16 heavy (non-hydrogen) atoms. The highest BCUT2D eigenvalue weighted by molar-refractivity contribution is 5.66. The molecule has 1 aromatic heterocycles. The van der Waals surface area contributed by atoms with Gasteiger partial charge in [-0.25, -0.2) is 0 Å². The highest BCUT2D eigenvalue weighted by Crippen LogP contribution is 2.26. The van der Waals surface area contributed by atoms with Gasteiger partial charge in [-0.1, -0.05) is 0 Å². The number of aliphatic hydroxyl groups is 1. The first-order chi connectivity index (χ1) is 7.63. The second-order valence-corrected chi connectivity index (χ2v) is 4.07. The normalized spacial score (nSPS) is 21.4. The molecule has 3 N–H and O–H groups in total. The lowest BCUT2D eigenvalue weighted by molar-refractivity contribution is 0.00323. The van der Waals surface area contributed by atoms with Gasteiger partial charge >= 0.3 is 0 Å². The Hall–Kier alpha value is -1.27. The molecule has 0 aromatic carbocycles. The Morgan fingerprint density at radius 1 is 1.62 bits per heavy atom. The Morgan fingerprint density at radius 3 is 2.94 bits per heavy atom. The van der Waals surface area contributed by atoms with Crippen LogP contribution in [0.1, 0.15) is 5.69 Å². The van der Waals surface area contributed by atoms with Gasteiger partial charge in [-0.2, -0.15) is 5.10 Å². The second kappa shape index (κ2) is 4.31. The van der Waals surface area contributed by atoms with E-state index in [9.17, 15) is 0 Å². The molecule has 1 aliphatic heterocycles. The minimum Gasteiger partial charge on any atom is -0.394 e. The number of rotatable bonds is 2. The standard InChI is InChI=1S/C10H18N4O2/c1-7-9(11)10(13(2)12-7)14-3-4-16-8(5-14)6-15/h8,15H,3-6,11H2,1-2H3. The molecule has 1 aliphatic rings. The van der Waals surface area contributed by atoms with E-state index in [1.807, 2.05) is 14.0 Å². The Balaban J connectivity index is 2.23. The molecule has 0 radical (unpaired) electrons. The summed E-state index contributed by atoms with van der Waals surface area (Å²) in [6.07, 6.45) is -0.136. The molecule has 1 aromatic rings. The molecule has 6 heteroatoms. The average Bonchev–Trinajstić information content (AvgIpc) is 2.53. The van der Waals surface area contributed by atoms with Crippen molar-refractivity contribution < 1.29 is 9.84 Å². The fourth-order valence-corrected chi connectivity index (χ4v) is 2.06. The molecule has 1 fully saturated rings. The minimum atomic E-state index is -0.136. The number of morpholine rings is 1. The number of nitrogens with zero attached hydrogens (tertiary/aromatic N) is 3. The van der Waals surface area contributed by atoms with Crippen molar-refractivity contribution in [3.63, 3.8) is 0 Å². The number of aliphatic hydroxyl groups excluding tert-OH is 1. The van der Waals surface area contributed by atoms with Crippen molar-refractivity contribution >= 4 is 11.5 Å². The molecule has 2 heterocycles. The fourth-order valence-electron chi connectivity index (χ4n) is 2.06. The van der Waals surface area contributed by atoms with Crippen molar-refractivity contribution in [1.29, 1.82) is 0 Å². The number of anilines is 2. The van der Waals surface area contributed by atoms with E-state index in [2.05, 4.69) is 10.00 Å². The van der Waals surface area contributed by atoms with Crippen LogP contribution in [0.5, 0.6) is 0 Å². The van der Waals surface area contributed by atoms with Crippen LogP contribution >= 0.6 is 0 Å². The summed E-state index contributed by atoms with van der Waals surface area (Å²) < 4.78 is 7.19. The smallest absolute Gasteiger partial charge is 0.150 e. The molecule has 1 saturated heterocycles. The van der Waals surface area contributed by atoms with Gasteiger partial charge in [-0.15, -0.1) is 0 Å². The Morgan fingerprint density at radius 2 is 2.38 bits per heavy atom. The molecule has 0 amide bonds. The zero-order valence-corrected chi connectivity index (χ0v) is 9.68. The molecular weight excluding hydrogens is 208 g/mol. The summed E-state index contributed by atoms with van der Waals surface area (Å²) in [6.45, 7) is 3.96. The third-order valence-corrected chi connectivity index (χ3v) is 2.88. The fraction of sp³-hybridized carbons (Fsp3) is 0.700. The lowest BCUT2D eigenvalue weighted by Gasteiger charge is -2.33. The predicted octanol–water partition coefficient (Wildman–Crippen LogP) is -0.492. The minimum absolute atomic E-state index is 0.0350. The van der Waals surface area contributed by atoms with E-state index in [4.69, 9.17) is 15.6 Å². The third-order valence-electron chi connectivity index (χ3n) is 2.88. The first-order valence-electron chi connectivity index (χ1n) is 5.40. The van der Waals surface area contributed by atoms with Crippen molar-refractivity contribution in [3.05, 3.63) is 5.69 Å². The summed E-state index contributed by atoms with van der Waals surface area (Å²) in [5, 5.41) is 13.4. The van der Waals surface area contributed by atoms with Gasteiger partial charge in [0, 0.05) is 20.1 Å². The van der Waals surface area contributed by atoms with Crippen LogP contribution in [0.25, 0.3) is 0 Å². The molecule has 1 unspecified atom stereocenters. The SMILES string of the molecule is Cc1nn(C)c(N2CCOC(CO)C2)c1N.